The fourth-order valence-electron chi connectivity index (χ4n) is 3.10. The van der Waals surface area contributed by atoms with Gasteiger partial charge in [-0.1, -0.05) is 17.7 Å². The Bertz CT molecular complexity index is 1110. The average molecular weight is 505 g/mol. The topological polar surface area (TPSA) is 61.3 Å². The molecule has 2 aromatic heterocycles. The first-order valence-corrected chi connectivity index (χ1v) is 11.6. The number of aryl methyl sites for hydroxylation is 1. The van der Waals surface area contributed by atoms with Crippen molar-refractivity contribution in [1.82, 2.24) is 9.36 Å². The monoisotopic (exact) mass is 504 g/mol. The number of thiazole rings is 1. The van der Waals surface area contributed by atoms with Crippen LogP contribution in [0.5, 0.6) is 5.75 Å². The quantitative estimate of drug-likeness (QED) is 0.322. The minimum absolute atomic E-state index is 0.0723. The second-order valence-electron chi connectivity index (χ2n) is 6.87. The molecule has 172 valence electrons. The molecule has 0 radical (unpaired) electrons. The molecule has 0 saturated heterocycles. The van der Waals surface area contributed by atoms with Crippen molar-refractivity contribution in [3.05, 3.63) is 49.8 Å². The largest absolute Gasteiger partial charge is 0.488 e. The molecule has 0 aliphatic heterocycles. The van der Waals surface area contributed by atoms with Crippen LogP contribution in [-0.4, -0.2) is 21.9 Å². The fourth-order valence-corrected chi connectivity index (χ4v) is 4.83. The van der Waals surface area contributed by atoms with E-state index in [1.54, 1.807) is 13.0 Å². The van der Waals surface area contributed by atoms with Gasteiger partial charge in [-0.2, -0.15) is 17.5 Å². The number of alkyl halides is 3. The highest BCUT2D eigenvalue weighted by molar-refractivity contribution is 7.19. The van der Waals surface area contributed by atoms with Gasteiger partial charge in [0.15, 0.2) is 0 Å². The van der Waals surface area contributed by atoms with Crippen LogP contribution in [-0.2, 0) is 28.7 Å². The summed E-state index contributed by atoms with van der Waals surface area (Å²) in [7, 11) is 0. The molecular weight excluding hydrogens is 485 g/mol. The second-order valence-corrected chi connectivity index (χ2v) is 9.31. The molecule has 0 unspecified atom stereocenters. The van der Waals surface area contributed by atoms with Crippen LogP contribution in [0.2, 0.25) is 4.34 Å². The van der Waals surface area contributed by atoms with Gasteiger partial charge < -0.3 is 9.47 Å². The van der Waals surface area contributed by atoms with E-state index >= 15 is 0 Å². The van der Waals surface area contributed by atoms with Gasteiger partial charge in [-0.25, -0.2) is 4.98 Å². The van der Waals surface area contributed by atoms with E-state index in [9.17, 15) is 18.0 Å². The van der Waals surface area contributed by atoms with Crippen molar-refractivity contribution in [2.75, 3.05) is 6.61 Å². The van der Waals surface area contributed by atoms with E-state index < -0.39 is 11.1 Å². The summed E-state index contributed by atoms with van der Waals surface area (Å²) in [5.74, 6) is 0.189. The molecule has 32 heavy (non-hydrogen) atoms. The average Bonchev–Trinajstić information content (AvgIpc) is 3.34. The molecule has 3 aromatic rings. The van der Waals surface area contributed by atoms with Crippen molar-refractivity contribution in [1.29, 1.82) is 0 Å². The van der Waals surface area contributed by atoms with Gasteiger partial charge in [-0.3, -0.25) is 4.79 Å². The van der Waals surface area contributed by atoms with E-state index in [1.165, 1.54) is 6.20 Å². The lowest BCUT2D eigenvalue weighted by Gasteiger charge is -2.15. The molecule has 0 bridgehead atoms. The lowest BCUT2D eigenvalue weighted by molar-refractivity contribution is -0.143. The predicted octanol–water partition coefficient (Wildman–Crippen LogP) is 6.63. The van der Waals surface area contributed by atoms with Gasteiger partial charge in [0.2, 0.25) is 0 Å². The van der Waals surface area contributed by atoms with Gasteiger partial charge in [0.05, 0.1) is 12.8 Å². The number of ether oxygens (including phenoxy) is 2. The van der Waals surface area contributed by atoms with Gasteiger partial charge in [-0.05, 0) is 61.5 Å². The maximum Gasteiger partial charge on any atom is 0.427 e. The first-order valence-electron chi connectivity index (χ1n) is 9.66. The number of nitrogens with zero attached hydrogens (tertiary/aromatic N) is 2. The summed E-state index contributed by atoms with van der Waals surface area (Å²) in [6.45, 7) is 5.48. The summed E-state index contributed by atoms with van der Waals surface area (Å²) in [5.41, 5.74) is 2.71. The highest BCUT2D eigenvalue weighted by Crippen LogP contribution is 2.41. The third-order valence-electron chi connectivity index (χ3n) is 4.85. The first-order chi connectivity index (χ1) is 15.1. The Labute approximate surface area is 196 Å². The lowest BCUT2D eigenvalue weighted by atomic mass is 9.99. The summed E-state index contributed by atoms with van der Waals surface area (Å²) in [6, 6.07) is 3.52. The summed E-state index contributed by atoms with van der Waals surface area (Å²) < 4.78 is 55.7. The van der Waals surface area contributed by atoms with E-state index in [4.69, 9.17) is 21.1 Å². The SMILES string of the molecule is CCOC(=O)CCc1ccc(OCc2c(-c3ncc(Cl)s3)nsc2C(F)(F)F)c(C)c1C. The van der Waals surface area contributed by atoms with Crippen molar-refractivity contribution in [3.8, 4) is 16.5 Å². The van der Waals surface area contributed by atoms with Crippen molar-refractivity contribution >= 4 is 40.4 Å². The zero-order valence-corrected chi connectivity index (χ0v) is 19.9. The number of carbonyl (C=O) groups is 1. The lowest BCUT2D eigenvalue weighted by Crippen LogP contribution is -2.09. The Hall–Kier alpha value is -2.17. The molecule has 0 fully saturated rings. The number of hydrogen-bond donors (Lipinski definition) is 0. The van der Waals surface area contributed by atoms with Gasteiger partial charge >= 0.3 is 12.1 Å². The number of halogens is 4. The molecule has 0 atom stereocenters. The Morgan fingerprint density at radius 2 is 1.97 bits per heavy atom. The van der Waals surface area contributed by atoms with E-state index in [-0.39, 0.29) is 30.3 Å². The van der Waals surface area contributed by atoms with Gasteiger partial charge in [-0.15, -0.1) is 11.3 Å². The molecular formula is C21H20ClF3N2O3S2. The summed E-state index contributed by atoms with van der Waals surface area (Å²) in [6.07, 6.45) is -2.42. The van der Waals surface area contributed by atoms with Crippen LogP contribution in [0.15, 0.2) is 18.3 Å². The Morgan fingerprint density at radius 3 is 2.59 bits per heavy atom. The van der Waals surface area contributed by atoms with Crippen LogP contribution < -0.4 is 4.74 Å². The van der Waals surface area contributed by atoms with Gasteiger partial charge in [0.1, 0.15) is 32.3 Å². The number of carbonyl (C=O) groups excluding carboxylic acids is 1. The predicted molar refractivity (Wildman–Crippen MR) is 118 cm³/mol. The third kappa shape index (κ3) is 5.60. The van der Waals surface area contributed by atoms with Crippen LogP contribution in [0, 0.1) is 13.8 Å². The molecule has 0 spiro atoms. The molecule has 2 heterocycles. The number of aromatic nitrogens is 2. The zero-order chi connectivity index (χ0) is 23.5. The number of hydrogen-bond acceptors (Lipinski definition) is 7. The summed E-state index contributed by atoms with van der Waals surface area (Å²) >= 11 is 7.32. The molecule has 0 aliphatic carbocycles. The van der Waals surface area contributed by atoms with E-state index in [2.05, 4.69) is 9.36 Å². The van der Waals surface area contributed by atoms with Crippen LogP contribution in [0.3, 0.4) is 0 Å². The maximum atomic E-state index is 13.5. The molecule has 1 aromatic carbocycles. The van der Waals surface area contributed by atoms with Crippen molar-refractivity contribution in [3.63, 3.8) is 0 Å². The fraction of sp³-hybridized carbons (Fsp3) is 0.381. The van der Waals surface area contributed by atoms with Crippen LogP contribution in [0.25, 0.3) is 10.7 Å². The smallest absolute Gasteiger partial charge is 0.427 e. The molecule has 0 amide bonds. The zero-order valence-electron chi connectivity index (χ0n) is 17.5. The van der Waals surface area contributed by atoms with Gasteiger partial charge in [0, 0.05) is 12.0 Å². The van der Waals surface area contributed by atoms with Crippen molar-refractivity contribution in [2.24, 2.45) is 0 Å². The molecule has 11 heteroatoms. The molecule has 3 rings (SSSR count). The van der Waals surface area contributed by atoms with Crippen LogP contribution in [0.1, 0.15) is 40.5 Å². The highest BCUT2D eigenvalue weighted by atomic mass is 35.5. The van der Waals surface area contributed by atoms with E-state index in [0.717, 1.165) is 28.0 Å². The minimum Gasteiger partial charge on any atom is -0.488 e. The molecule has 0 N–H and O–H groups in total. The van der Waals surface area contributed by atoms with Gasteiger partial charge in [0.25, 0.3) is 0 Å². The highest BCUT2D eigenvalue weighted by Gasteiger charge is 2.38. The minimum atomic E-state index is -4.56. The van der Waals surface area contributed by atoms with Crippen LogP contribution in [0.4, 0.5) is 13.2 Å². The van der Waals surface area contributed by atoms with E-state index in [1.807, 2.05) is 19.9 Å². The van der Waals surface area contributed by atoms with Crippen molar-refractivity contribution < 1.29 is 27.4 Å². The first kappa shape index (κ1) is 24.5. The number of rotatable bonds is 8. The Kier molecular flexibility index (Phi) is 7.79. The molecule has 5 nitrogen and oxygen atoms in total. The summed E-state index contributed by atoms with van der Waals surface area (Å²) in [5, 5.41) is 0.308. The normalized spacial score (nSPS) is 11.6. The molecule has 0 aliphatic rings. The number of esters is 1. The third-order valence-corrected chi connectivity index (χ3v) is 6.91. The van der Waals surface area contributed by atoms with E-state index in [0.29, 0.717) is 39.7 Å². The standard InChI is InChI=1S/C21H20ClF3N2O3S2/c1-4-29-17(28)8-6-13-5-7-15(12(3)11(13)2)30-10-14-18(20-26-9-16(22)31-20)27-32-19(14)21(23,24)25/h5,7,9H,4,6,8,10H2,1-3H3. The Balaban J connectivity index is 1.83. The summed E-state index contributed by atoms with van der Waals surface area (Å²) in [4.78, 5) is 14.9. The maximum absolute atomic E-state index is 13.5. The van der Waals surface area contributed by atoms with Crippen LogP contribution >= 0.6 is 34.5 Å². The molecule has 0 saturated carbocycles. The number of benzene rings is 1. The second kappa shape index (κ2) is 10.2. The Morgan fingerprint density at radius 1 is 1.22 bits per heavy atom. The van der Waals surface area contributed by atoms with Crippen molar-refractivity contribution in [2.45, 2.75) is 46.4 Å².